The summed E-state index contributed by atoms with van der Waals surface area (Å²) in [5.74, 6) is 4.22. The van der Waals surface area contributed by atoms with Gasteiger partial charge in [0, 0.05) is 6.54 Å². The SMILES string of the molecule is C#CCNCc1cccc(Oc2ccccc2)c1. The van der Waals surface area contributed by atoms with E-state index < -0.39 is 0 Å². The summed E-state index contributed by atoms with van der Waals surface area (Å²) in [7, 11) is 0. The number of nitrogens with one attached hydrogen (secondary N) is 1. The summed E-state index contributed by atoms with van der Waals surface area (Å²) in [5, 5.41) is 3.15. The van der Waals surface area contributed by atoms with Gasteiger partial charge < -0.3 is 10.1 Å². The number of hydrogen-bond acceptors (Lipinski definition) is 2. The van der Waals surface area contributed by atoms with Crippen molar-refractivity contribution in [2.75, 3.05) is 6.54 Å². The third-order valence-corrected chi connectivity index (χ3v) is 2.43. The largest absolute Gasteiger partial charge is 0.457 e. The molecule has 2 nitrogen and oxygen atoms in total. The molecule has 0 saturated heterocycles. The van der Waals surface area contributed by atoms with Crippen molar-refractivity contribution >= 4 is 0 Å². The highest BCUT2D eigenvalue weighted by Crippen LogP contribution is 2.21. The summed E-state index contributed by atoms with van der Waals surface area (Å²) < 4.78 is 5.76. The minimum atomic E-state index is 0.573. The van der Waals surface area contributed by atoms with E-state index in [1.165, 1.54) is 0 Å². The summed E-state index contributed by atoms with van der Waals surface area (Å²) in [6, 6.07) is 17.7. The highest BCUT2D eigenvalue weighted by atomic mass is 16.5. The lowest BCUT2D eigenvalue weighted by atomic mass is 10.2. The normalized spacial score (nSPS) is 9.72. The second-order valence-corrected chi connectivity index (χ2v) is 3.87. The number of rotatable bonds is 5. The summed E-state index contributed by atoms with van der Waals surface area (Å²) >= 11 is 0. The van der Waals surface area contributed by atoms with Crippen molar-refractivity contribution in [1.82, 2.24) is 5.32 Å². The highest BCUT2D eigenvalue weighted by molar-refractivity contribution is 5.33. The van der Waals surface area contributed by atoms with E-state index in [0.29, 0.717) is 6.54 Å². The Bertz CT molecular complexity index is 528. The Hall–Kier alpha value is -2.24. The average molecular weight is 237 g/mol. The third kappa shape index (κ3) is 3.65. The molecule has 0 saturated carbocycles. The van der Waals surface area contributed by atoms with Crippen LogP contribution >= 0.6 is 0 Å². The van der Waals surface area contributed by atoms with Crippen molar-refractivity contribution in [1.29, 1.82) is 0 Å². The number of terminal acetylenes is 1. The van der Waals surface area contributed by atoms with Crippen LogP contribution in [0.25, 0.3) is 0 Å². The molecule has 90 valence electrons. The standard InChI is InChI=1S/C16H15NO/c1-2-11-17-13-14-7-6-10-16(12-14)18-15-8-4-3-5-9-15/h1,3-10,12,17H,11,13H2. The first-order valence-electron chi connectivity index (χ1n) is 5.84. The monoisotopic (exact) mass is 237 g/mol. The van der Waals surface area contributed by atoms with Crippen LogP contribution in [0.4, 0.5) is 0 Å². The van der Waals surface area contributed by atoms with E-state index in [2.05, 4.69) is 11.2 Å². The van der Waals surface area contributed by atoms with Crippen LogP contribution in [-0.2, 0) is 6.54 Å². The molecule has 0 spiro atoms. The predicted octanol–water partition coefficient (Wildman–Crippen LogP) is 3.20. The van der Waals surface area contributed by atoms with Crippen molar-refractivity contribution in [3.8, 4) is 23.8 Å². The lowest BCUT2D eigenvalue weighted by molar-refractivity contribution is 0.481. The molecule has 2 aromatic carbocycles. The molecule has 0 aromatic heterocycles. The van der Waals surface area contributed by atoms with Gasteiger partial charge in [0.05, 0.1) is 6.54 Å². The van der Waals surface area contributed by atoms with Crippen LogP contribution in [0, 0.1) is 12.3 Å². The second kappa shape index (κ2) is 6.48. The van der Waals surface area contributed by atoms with Crippen LogP contribution in [0.2, 0.25) is 0 Å². The zero-order valence-corrected chi connectivity index (χ0v) is 10.1. The maximum atomic E-state index is 5.76. The second-order valence-electron chi connectivity index (χ2n) is 3.87. The fourth-order valence-electron chi connectivity index (χ4n) is 1.62. The van der Waals surface area contributed by atoms with Gasteiger partial charge in [0.25, 0.3) is 0 Å². The van der Waals surface area contributed by atoms with Crippen LogP contribution in [0.3, 0.4) is 0 Å². The lowest BCUT2D eigenvalue weighted by Gasteiger charge is -2.07. The molecule has 1 N–H and O–H groups in total. The van der Waals surface area contributed by atoms with Crippen LogP contribution in [0.5, 0.6) is 11.5 Å². The Morgan fingerprint density at radius 3 is 2.56 bits per heavy atom. The van der Waals surface area contributed by atoms with Gasteiger partial charge >= 0.3 is 0 Å². The van der Waals surface area contributed by atoms with Gasteiger partial charge in [-0.05, 0) is 29.8 Å². The van der Waals surface area contributed by atoms with Crippen molar-refractivity contribution in [3.63, 3.8) is 0 Å². The Balaban J connectivity index is 2.01. The van der Waals surface area contributed by atoms with Gasteiger partial charge in [0.1, 0.15) is 11.5 Å². The molecule has 0 heterocycles. The van der Waals surface area contributed by atoms with Crippen LogP contribution in [-0.4, -0.2) is 6.54 Å². The lowest BCUT2D eigenvalue weighted by Crippen LogP contribution is -2.12. The molecule has 2 heteroatoms. The van der Waals surface area contributed by atoms with Gasteiger partial charge in [-0.1, -0.05) is 36.3 Å². The summed E-state index contributed by atoms with van der Waals surface area (Å²) in [5.41, 5.74) is 1.15. The first-order valence-corrected chi connectivity index (χ1v) is 5.84. The van der Waals surface area contributed by atoms with E-state index in [1.807, 2.05) is 54.6 Å². The van der Waals surface area contributed by atoms with Gasteiger partial charge in [-0.15, -0.1) is 6.42 Å². The van der Waals surface area contributed by atoms with E-state index >= 15 is 0 Å². The molecule has 0 unspecified atom stereocenters. The maximum Gasteiger partial charge on any atom is 0.127 e. The summed E-state index contributed by atoms with van der Waals surface area (Å²) in [6.07, 6.45) is 5.19. The fourth-order valence-corrected chi connectivity index (χ4v) is 1.62. The molecule has 0 fully saturated rings. The maximum absolute atomic E-state index is 5.76. The molecule has 0 atom stereocenters. The van der Waals surface area contributed by atoms with Crippen LogP contribution in [0.15, 0.2) is 54.6 Å². The zero-order valence-electron chi connectivity index (χ0n) is 10.1. The first-order chi connectivity index (χ1) is 8.88. The first kappa shape index (κ1) is 12.2. The molecule has 0 radical (unpaired) electrons. The molecule has 0 aliphatic heterocycles. The fraction of sp³-hybridized carbons (Fsp3) is 0.125. The molecule has 0 bridgehead atoms. The van der Waals surface area contributed by atoms with E-state index in [0.717, 1.165) is 23.6 Å². The van der Waals surface area contributed by atoms with Crippen molar-refractivity contribution < 1.29 is 4.74 Å². The Morgan fingerprint density at radius 1 is 1.00 bits per heavy atom. The molecule has 2 aromatic rings. The average Bonchev–Trinajstić information content (AvgIpc) is 2.41. The smallest absolute Gasteiger partial charge is 0.127 e. The Morgan fingerprint density at radius 2 is 1.78 bits per heavy atom. The molecule has 2 rings (SSSR count). The van der Waals surface area contributed by atoms with Crippen LogP contribution in [0.1, 0.15) is 5.56 Å². The summed E-state index contributed by atoms with van der Waals surface area (Å²) in [6.45, 7) is 1.32. The highest BCUT2D eigenvalue weighted by Gasteiger charge is 1.98. The Kier molecular flexibility index (Phi) is 4.40. The van der Waals surface area contributed by atoms with Gasteiger partial charge in [0.2, 0.25) is 0 Å². The van der Waals surface area contributed by atoms with Crippen molar-refractivity contribution in [3.05, 3.63) is 60.2 Å². The molecular weight excluding hydrogens is 222 g/mol. The minimum Gasteiger partial charge on any atom is -0.457 e. The van der Waals surface area contributed by atoms with E-state index in [-0.39, 0.29) is 0 Å². The van der Waals surface area contributed by atoms with Crippen molar-refractivity contribution in [2.24, 2.45) is 0 Å². The summed E-state index contributed by atoms with van der Waals surface area (Å²) in [4.78, 5) is 0. The van der Waals surface area contributed by atoms with E-state index in [1.54, 1.807) is 0 Å². The Labute approximate surface area is 108 Å². The number of para-hydroxylation sites is 1. The van der Waals surface area contributed by atoms with Crippen LogP contribution < -0.4 is 10.1 Å². The van der Waals surface area contributed by atoms with Crippen molar-refractivity contribution in [2.45, 2.75) is 6.54 Å². The predicted molar refractivity (Wildman–Crippen MR) is 73.5 cm³/mol. The molecular formula is C16H15NO. The van der Waals surface area contributed by atoms with Gasteiger partial charge in [-0.3, -0.25) is 0 Å². The molecule has 18 heavy (non-hydrogen) atoms. The number of hydrogen-bond donors (Lipinski definition) is 1. The third-order valence-electron chi connectivity index (χ3n) is 2.43. The molecule has 0 aliphatic carbocycles. The van der Waals surface area contributed by atoms with E-state index in [9.17, 15) is 0 Å². The van der Waals surface area contributed by atoms with E-state index in [4.69, 9.17) is 11.2 Å². The molecule has 0 aliphatic rings. The van der Waals surface area contributed by atoms with Gasteiger partial charge in [0.15, 0.2) is 0 Å². The number of ether oxygens (including phenoxy) is 1. The minimum absolute atomic E-state index is 0.573. The topological polar surface area (TPSA) is 21.3 Å². The van der Waals surface area contributed by atoms with Gasteiger partial charge in [-0.2, -0.15) is 0 Å². The zero-order chi connectivity index (χ0) is 12.6. The molecule has 0 amide bonds. The van der Waals surface area contributed by atoms with Gasteiger partial charge in [-0.25, -0.2) is 0 Å². The number of benzene rings is 2. The quantitative estimate of drug-likeness (QED) is 0.637.